The fourth-order valence-corrected chi connectivity index (χ4v) is 3.09. The molecule has 1 fully saturated rings. The van der Waals surface area contributed by atoms with Crippen LogP contribution in [-0.2, 0) is 14.2 Å². The summed E-state index contributed by atoms with van der Waals surface area (Å²) in [5.41, 5.74) is 2.27. The van der Waals surface area contributed by atoms with Crippen molar-refractivity contribution in [2.24, 2.45) is 11.8 Å². The number of hydrogen-bond acceptors (Lipinski definition) is 3. The Labute approximate surface area is 117 Å². The van der Waals surface area contributed by atoms with E-state index in [1.165, 1.54) is 0 Å². The maximum absolute atomic E-state index is 6.25. The molecule has 1 heterocycles. The molecule has 1 aliphatic heterocycles. The SMILES string of the molecule is C=C=C[C@@]1(OC)[C@H](OC)[C@@H](CC(C)C)O[C@H]1C(C)C. The monoisotopic (exact) mass is 268 g/mol. The molecule has 1 saturated heterocycles. The molecule has 3 heteroatoms. The second kappa shape index (κ2) is 6.71. The van der Waals surface area contributed by atoms with E-state index in [0.29, 0.717) is 11.8 Å². The summed E-state index contributed by atoms with van der Waals surface area (Å²) in [6.45, 7) is 12.4. The largest absolute Gasteiger partial charge is 0.375 e. The van der Waals surface area contributed by atoms with E-state index in [2.05, 4.69) is 40.0 Å². The second-order valence-corrected chi connectivity index (χ2v) is 6.03. The van der Waals surface area contributed by atoms with Crippen molar-refractivity contribution in [1.29, 1.82) is 0 Å². The Hall–Kier alpha value is -0.600. The molecule has 19 heavy (non-hydrogen) atoms. The van der Waals surface area contributed by atoms with E-state index in [-0.39, 0.29) is 18.3 Å². The Balaban J connectivity index is 3.16. The van der Waals surface area contributed by atoms with Crippen LogP contribution in [0.2, 0.25) is 0 Å². The number of methoxy groups -OCH3 is 2. The van der Waals surface area contributed by atoms with E-state index in [9.17, 15) is 0 Å². The molecule has 1 rings (SSSR count). The van der Waals surface area contributed by atoms with Crippen molar-refractivity contribution in [2.45, 2.75) is 58.0 Å². The summed E-state index contributed by atoms with van der Waals surface area (Å²) >= 11 is 0. The van der Waals surface area contributed by atoms with Crippen LogP contribution in [0.25, 0.3) is 0 Å². The van der Waals surface area contributed by atoms with Gasteiger partial charge in [-0.2, -0.15) is 0 Å². The van der Waals surface area contributed by atoms with Crippen LogP contribution in [-0.4, -0.2) is 38.1 Å². The molecule has 4 atom stereocenters. The van der Waals surface area contributed by atoms with Gasteiger partial charge in [0.25, 0.3) is 0 Å². The molecule has 0 aromatic heterocycles. The molecular weight excluding hydrogens is 240 g/mol. The van der Waals surface area contributed by atoms with Crippen LogP contribution >= 0.6 is 0 Å². The first-order valence-electron chi connectivity index (χ1n) is 7.03. The lowest BCUT2D eigenvalue weighted by molar-refractivity contribution is -0.0933. The zero-order valence-electron chi connectivity index (χ0n) is 13.1. The molecule has 0 unspecified atom stereocenters. The topological polar surface area (TPSA) is 27.7 Å². The summed E-state index contributed by atoms with van der Waals surface area (Å²) in [6.07, 6.45) is 2.70. The first-order chi connectivity index (χ1) is 8.92. The van der Waals surface area contributed by atoms with Crippen molar-refractivity contribution < 1.29 is 14.2 Å². The third kappa shape index (κ3) is 3.11. The molecule has 0 saturated carbocycles. The molecule has 0 radical (unpaired) electrons. The van der Waals surface area contributed by atoms with Crippen LogP contribution in [0.5, 0.6) is 0 Å². The van der Waals surface area contributed by atoms with Gasteiger partial charge in [0, 0.05) is 14.2 Å². The first kappa shape index (κ1) is 16.5. The van der Waals surface area contributed by atoms with E-state index in [4.69, 9.17) is 14.2 Å². The minimum absolute atomic E-state index is 0.0413. The summed E-state index contributed by atoms with van der Waals surface area (Å²) in [4.78, 5) is 0. The fraction of sp³-hybridized carbons (Fsp3) is 0.812. The molecule has 0 N–H and O–H groups in total. The highest BCUT2D eigenvalue weighted by molar-refractivity contribution is 5.17. The van der Waals surface area contributed by atoms with Gasteiger partial charge >= 0.3 is 0 Å². The summed E-state index contributed by atoms with van der Waals surface area (Å²) < 4.78 is 17.8. The number of ether oxygens (including phenoxy) is 3. The lowest BCUT2D eigenvalue weighted by Crippen LogP contribution is -2.50. The molecule has 1 aliphatic rings. The van der Waals surface area contributed by atoms with E-state index in [0.717, 1.165) is 6.42 Å². The minimum atomic E-state index is -0.593. The lowest BCUT2D eigenvalue weighted by Gasteiger charge is -2.35. The summed E-state index contributed by atoms with van der Waals surface area (Å²) in [6, 6.07) is 0. The predicted octanol–water partition coefficient (Wildman–Crippen LogP) is 3.20. The maximum Gasteiger partial charge on any atom is 0.148 e. The van der Waals surface area contributed by atoms with Gasteiger partial charge in [0.15, 0.2) is 0 Å². The number of rotatable bonds is 6. The summed E-state index contributed by atoms with van der Waals surface area (Å²) in [7, 11) is 3.42. The standard InChI is InChI=1S/C16H28O3/c1-8-9-16(18-7)14(12(4)5)19-13(10-11(2)3)15(16)17-6/h9,11-15H,1,10H2,2-7H3/t13-,14+,15-,16+/m1/s1. The Kier molecular flexibility index (Phi) is 5.82. The van der Waals surface area contributed by atoms with Gasteiger partial charge < -0.3 is 14.2 Å². The van der Waals surface area contributed by atoms with E-state index < -0.39 is 5.60 Å². The van der Waals surface area contributed by atoms with Gasteiger partial charge in [-0.3, -0.25) is 0 Å². The highest BCUT2D eigenvalue weighted by Crippen LogP contribution is 2.42. The van der Waals surface area contributed by atoms with Crippen molar-refractivity contribution in [3.63, 3.8) is 0 Å². The summed E-state index contributed by atoms with van der Waals surface area (Å²) in [5.74, 6) is 0.884. The molecule has 0 bridgehead atoms. The molecule has 0 aromatic carbocycles. The Morgan fingerprint density at radius 3 is 2.32 bits per heavy atom. The highest BCUT2D eigenvalue weighted by atomic mass is 16.6. The molecule has 110 valence electrons. The Morgan fingerprint density at radius 2 is 1.95 bits per heavy atom. The molecule has 3 nitrogen and oxygen atoms in total. The van der Waals surface area contributed by atoms with Crippen LogP contribution in [0.4, 0.5) is 0 Å². The fourth-order valence-electron chi connectivity index (χ4n) is 3.09. The van der Waals surface area contributed by atoms with E-state index >= 15 is 0 Å². The van der Waals surface area contributed by atoms with Crippen LogP contribution in [0.1, 0.15) is 34.1 Å². The zero-order chi connectivity index (χ0) is 14.6. The van der Waals surface area contributed by atoms with Crippen LogP contribution in [0.15, 0.2) is 18.4 Å². The number of hydrogen-bond donors (Lipinski definition) is 0. The average molecular weight is 268 g/mol. The van der Waals surface area contributed by atoms with Crippen LogP contribution in [0.3, 0.4) is 0 Å². The van der Waals surface area contributed by atoms with Crippen LogP contribution in [0, 0.1) is 11.8 Å². The van der Waals surface area contributed by atoms with Gasteiger partial charge in [-0.05, 0) is 24.3 Å². The van der Waals surface area contributed by atoms with Gasteiger partial charge in [0.2, 0.25) is 0 Å². The van der Waals surface area contributed by atoms with Crippen molar-refractivity contribution in [2.75, 3.05) is 14.2 Å². The van der Waals surface area contributed by atoms with E-state index in [1.807, 2.05) is 6.08 Å². The molecule has 0 spiro atoms. The first-order valence-corrected chi connectivity index (χ1v) is 7.03. The molecular formula is C16H28O3. The summed E-state index contributed by atoms with van der Waals surface area (Å²) in [5, 5.41) is 0. The van der Waals surface area contributed by atoms with Crippen molar-refractivity contribution >= 4 is 0 Å². The third-order valence-corrected chi connectivity index (χ3v) is 3.79. The quantitative estimate of drug-likeness (QED) is 0.692. The average Bonchev–Trinajstić information content (AvgIpc) is 2.63. The van der Waals surface area contributed by atoms with Gasteiger partial charge in [-0.25, -0.2) is 0 Å². The third-order valence-electron chi connectivity index (χ3n) is 3.79. The normalized spacial score (nSPS) is 34.8. The second-order valence-electron chi connectivity index (χ2n) is 6.03. The van der Waals surface area contributed by atoms with Crippen molar-refractivity contribution in [3.05, 3.63) is 18.4 Å². The smallest absolute Gasteiger partial charge is 0.148 e. The van der Waals surface area contributed by atoms with Crippen molar-refractivity contribution in [3.8, 4) is 0 Å². The Bertz CT molecular complexity index is 331. The molecule has 0 amide bonds. The minimum Gasteiger partial charge on any atom is -0.375 e. The van der Waals surface area contributed by atoms with E-state index in [1.54, 1.807) is 14.2 Å². The molecule has 0 aromatic rings. The van der Waals surface area contributed by atoms with Gasteiger partial charge in [-0.15, -0.1) is 5.73 Å². The maximum atomic E-state index is 6.25. The highest BCUT2D eigenvalue weighted by Gasteiger charge is 2.57. The van der Waals surface area contributed by atoms with Gasteiger partial charge in [-0.1, -0.05) is 34.3 Å². The predicted molar refractivity (Wildman–Crippen MR) is 77.2 cm³/mol. The van der Waals surface area contributed by atoms with Gasteiger partial charge in [0.05, 0.1) is 12.2 Å². The van der Waals surface area contributed by atoms with Gasteiger partial charge in [0.1, 0.15) is 11.7 Å². The van der Waals surface area contributed by atoms with Crippen molar-refractivity contribution in [1.82, 2.24) is 0 Å². The van der Waals surface area contributed by atoms with Crippen LogP contribution < -0.4 is 0 Å². The Morgan fingerprint density at radius 1 is 1.32 bits per heavy atom. The zero-order valence-corrected chi connectivity index (χ0v) is 13.1. The lowest BCUT2D eigenvalue weighted by atomic mass is 9.83. The molecule has 0 aliphatic carbocycles.